The van der Waals surface area contributed by atoms with Crippen LogP contribution >= 0.6 is 41.6 Å². The molecule has 0 saturated heterocycles. The van der Waals surface area contributed by atoms with E-state index >= 15 is 0 Å². The topological polar surface area (TPSA) is 43.4 Å². The van der Waals surface area contributed by atoms with Gasteiger partial charge in [0, 0.05) is 0 Å². The van der Waals surface area contributed by atoms with Crippen molar-refractivity contribution in [3.8, 4) is 0 Å². The molecule has 0 bridgehead atoms. The zero-order valence-electron chi connectivity index (χ0n) is 18.5. The van der Waals surface area contributed by atoms with Crippen molar-refractivity contribution in [3.05, 3.63) is 118 Å². The van der Waals surface area contributed by atoms with Crippen molar-refractivity contribution in [2.75, 3.05) is 6.66 Å². The summed E-state index contributed by atoms with van der Waals surface area (Å²) < 4.78 is 34.1. The van der Waals surface area contributed by atoms with Gasteiger partial charge in [0.25, 0.3) is 0 Å². The van der Waals surface area contributed by atoms with Gasteiger partial charge in [-0.15, -0.1) is 0 Å². The zero-order chi connectivity index (χ0) is 24.6. The molecule has 4 rings (SSSR count). The number of hydrogen-bond donors (Lipinski definition) is 0. The van der Waals surface area contributed by atoms with Crippen LogP contribution < -0.4 is 15.9 Å². The second-order valence-electron chi connectivity index (χ2n) is 8.23. The van der Waals surface area contributed by atoms with Crippen LogP contribution in [0.1, 0.15) is 5.56 Å². The minimum atomic E-state index is -4.21. The van der Waals surface area contributed by atoms with E-state index in [0.717, 1.165) is 5.56 Å². The summed E-state index contributed by atoms with van der Waals surface area (Å²) >= 11 is 18.6. The molecule has 0 aliphatic heterocycles. The fourth-order valence-corrected chi connectivity index (χ4v) is 11.7. The Balaban J connectivity index is 2.10. The Labute approximate surface area is 215 Å². The summed E-state index contributed by atoms with van der Waals surface area (Å²) in [6.07, 6.45) is 0. The molecule has 8 heteroatoms. The van der Waals surface area contributed by atoms with Crippen LogP contribution in [0.2, 0.25) is 15.1 Å². The van der Waals surface area contributed by atoms with E-state index in [4.69, 9.17) is 38.8 Å². The van der Waals surface area contributed by atoms with Crippen molar-refractivity contribution in [2.24, 2.45) is 0 Å². The maximum absolute atomic E-state index is 13.8. The van der Waals surface area contributed by atoms with Crippen molar-refractivity contribution in [3.63, 3.8) is 0 Å². The molecule has 0 amide bonds. The average Bonchev–Trinajstić information content (AvgIpc) is 2.80. The molecule has 0 unspecified atom stereocenters. The van der Waals surface area contributed by atoms with E-state index in [1.807, 2.05) is 50.0 Å². The summed E-state index contributed by atoms with van der Waals surface area (Å²) in [5.41, 5.74) is 0.945. The summed E-state index contributed by atoms with van der Waals surface area (Å²) in [6, 6.07) is 27.9. The van der Waals surface area contributed by atoms with E-state index < -0.39 is 16.9 Å². The summed E-state index contributed by atoms with van der Waals surface area (Å²) in [7, 11) is -4.21. The van der Waals surface area contributed by atoms with Crippen LogP contribution in [-0.4, -0.2) is 15.1 Å². The molecule has 0 aliphatic rings. The minimum absolute atomic E-state index is 0.0749. The SMILES string of the molecule is Cc1ccc(S(=O)(=O)OP(C)(c2ccc(Cl)cc2)(c2ccc(Cl)cc2)c2ccc(Cl)cc2)cc1. The van der Waals surface area contributed by atoms with Crippen LogP contribution in [0, 0.1) is 6.92 Å². The number of aryl methyl sites for hydroxylation is 1. The Morgan fingerprint density at radius 1 is 0.588 bits per heavy atom. The molecular weight excluding hydrogens is 530 g/mol. The molecule has 0 aliphatic carbocycles. The summed E-state index contributed by atoms with van der Waals surface area (Å²) in [6.45, 7) is -0.350. The summed E-state index contributed by atoms with van der Waals surface area (Å²) in [4.78, 5) is 0.0749. The van der Waals surface area contributed by atoms with Crippen molar-refractivity contribution in [2.45, 2.75) is 11.8 Å². The molecule has 0 saturated carbocycles. The van der Waals surface area contributed by atoms with Gasteiger partial charge in [-0.1, -0.05) is 0 Å². The Bertz CT molecular complexity index is 1310. The quantitative estimate of drug-likeness (QED) is 0.249. The normalized spacial score (nSPS) is 13.3. The Kier molecular flexibility index (Phi) is 6.87. The standard InChI is InChI=1S/C26H22Cl3O3PS/c1-19-3-17-26(18-4-19)34(30,31)32-33(2,23-11-5-20(27)6-12-23,24-13-7-21(28)8-14-24)25-15-9-22(29)10-16-25/h3-18H,1-2H3. The van der Waals surface area contributed by atoms with E-state index in [-0.39, 0.29) is 4.90 Å². The van der Waals surface area contributed by atoms with Gasteiger partial charge in [0.05, 0.1) is 0 Å². The van der Waals surface area contributed by atoms with E-state index in [0.29, 0.717) is 31.0 Å². The van der Waals surface area contributed by atoms with Crippen LogP contribution in [0.15, 0.2) is 102 Å². The summed E-state index contributed by atoms with van der Waals surface area (Å²) in [5, 5.41) is 3.66. The molecule has 176 valence electrons. The first kappa shape index (κ1) is 25.2. The first-order chi connectivity index (χ1) is 16.0. The van der Waals surface area contributed by atoms with Crippen LogP contribution in [0.25, 0.3) is 0 Å². The average molecular weight is 552 g/mol. The van der Waals surface area contributed by atoms with E-state index in [1.165, 1.54) is 0 Å². The first-order valence-electron chi connectivity index (χ1n) is 10.4. The second kappa shape index (κ2) is 9.28. The van der Waals surface area contributed by atoms with Gasteiger partial charge in [-0.25, -0.2) is 0 Å². The van der Waals surface area contributed by atoms with E-state index in [1.54, 1.807) is 60.7 Å². The third-order valence-electron chi connectivity index (χ3n) is 5.94. The molecule has 0 atom stereocenters. The first-order valence-corrected chi connectivity index (χ1v) is 15.5. The Morgan fingerprint density at radius 2 is 0.912 bits per heavy atom. The van der Waals surface area contributed by atoms with E-state index in [9.17, 15) is 8.42 Å². The van der Waals surface area contributed by atoms with Gasteiger partial charge in [-0.05, 0) is 0 Å². The van der Waals surface area contributed by atoms with Crippen molar-refractivity contribution in [1.82, 2.24) is 0 Å². The van der Waals surface area contributed by atoms with Gasteiger partial charge >= 0.3 is 216 Å². The van der Waals surface area contributed by atoms with Crippen LogP contribution in [0.4, 0.5) is 0 Å². The van der Waals surface area contributed by atoms with Gasteiger partial charge in [0.15, 0.2) is 0 Å². The van der Waals surface area contributed by atoms with Gasteiger partial charge in [0.2, 0.25) is 0 Å². The van der Waals surface area contributed by atoms with Crippen molar-refractivity contribution < 1.29 is 12.4 Å². The molecule has 4 aromatic rings. The molecule has 0 spiro atoms. The number of rotatable bonds is 6. The fraction of sp³-hybridized carbons (Fsp3) is 0.0769. The predicted molar refractivity (Wildman–Crippen MR) is 146 cm³/mol. The van der Waals surface area contributed by atoms with Gasteiger partial charge in [-0.2, -0.15) is 0 Å². The molecule has 0 N–H and O–H groups in total. The second-order valence-corrected chi connectivity index (χ2v) is 16.0. The molecule has 0 aromatic heterocycles. The van der Waals surface area contributed by atoms with Crippen LogP contribution in [0.3, 0.4) is 0 Å². The zero-order valence-corrected chi connectivity index (χ0v) is 22.4. The molecule has 34 heavy (non-hydrogen) atoms. The molecule has 0 fully saturated rings. The number of halogens is 3. The molecule has 4 aromatic carbocycles. The van der Waals surface area contributed by atoms with Crippen molar-refractivity contribution >= 4 is 67.7 Å². The molecule has 0 heterocycles. The van der Waals surface area contributed by atoms with Crippen molar-refractivity contribution in [1.29, 1.82) is 0 Å². The molecule has 0 radical (unpaired) electrons. The third kappa shape index (κ3) is 4.52. The fourth-order valence-electron chi connectivity index (χ4n) is 3.97. The number of benzene rings is 4. The predicted octanol–water partition coefficient (Wildman–Crippen LogP) is 6.74. The van der Waals surface area contributed by atoms with Gasteiger partial charge < -0.3 is 0 Å². The Morgan fingerprint density at radius 3 is 1.24 bits per heavy atom. The molecule has 3 nitrogen and oxygen atoms in total. The van der Waals surface area contributed by atoms with Gasteiger partial charge in [0.1, 0.15) is 0 Å². The maximum atomic E-state index is 13.8. The summed E-state index contributed by atoms with van der Waals surface area (Å²) in [5.74, 6) is 0. The monoisotopic (exact) mass is 550 g/mol. The van der Waals surface area contributed by atoms with Crippen LogP contribution in [-0.2, 0) is 14.1 Å². The Hall–Kier alpha value is -1.91. The number of hydrogen-bond acceptors (Lipinski definition) is 3. The van der Waals surface area contributed by atoms with Gasteiger partial charge in [-0.3, -0.25) is 0 Å². The third-order valence-corrected chi connectivity index (χ3v) is 14.4. The molecular formula is C26H22Cl3O3PS. The van der Waals surface area contributed by atoms with E-state index in [2.05, 4.69) is 0 Å². The van der Waals surface area contributed by atoms with Crippen LogP contribution in [0.5, 0.6) is 0 Å².